The van der Waals surface area contributed by atoms with E-state index < -0.39 is 0 Å². The smallest absolute Gasteiger partial charge is 0.180 e. The Balaban J connectivity index is 2.17. The number of hydrogen-bond donors (Lipinski definition) is 1. The van der Waals surface area contributed by atoms with Crippen LogP contribution < -0.4 is 14.9 Å². The number of anilines is 1. The molecule has 0 amide bonds. The van der Waals surface area contributed by atoms with Crippen LogP contribution in [0.2, 0.25) is 5.02 Å². The van der Waals surface area contributed by atoms with Gasteiger partial charge in [-0.1, -0.05) is 11.6 Å². The molecule has 2 rings (SSSR count). The first-order chi connectivity index (χ1) is 11.5. The maximum Gasteiger partial charge on any atom is 0.180 e. The summed E-state index contributed by atoms with van der Waals surface area (Å²) < 4.78 is 24.2. The van der Waals surface area contributed by atoms with Crippen LogP contribution in [0.15, 0.2) is 41.5 Å². The minimum atomic E-state index is -0.293. The van der Waals surface area contributed by atoms with Crippen molar-refractivity contribution in [3.8, 4) is 11.5 Å². The molecule has 0 heterocycles. The van der Waals surface area contributed by atoms with Gasteiger partial charge >= 0.3 is 0 Å². The number of hydrazone groups is 1. The summed E-state index contributed by atoms with van der Waals surface area (Å²) in [4.78, 5) is 0. The lowest BCUT2D eigenvalue weighted by atomic mass is 10.2. The molecule has 0 aromatic heterocycles. The molecule has 0 saturated heterocycles. The summed E-state index contributed by atoms with van der Waals surface area (Å²) in [6.45, 7) is 6.24. The molecule has 0 fully saturated rings. The van der Waals surface area contributed by atoms with E-state index in [1.165, 1.54) is 12.1 Å². The van der Waals surface area contributed by atoms with E-state index in [2.05, 4.69) is 10.5 Å². The van der Waals surface area contributed by atoms with Crippen LogP contribution in [0.3, 0.4) is 0 Å². The topological polar surface area (TPSA) is 42.8 Å². The van der Waals surface area contributed by atoms with E-state index in [0.29, 0.717) is 28.8 Å². The summed E-state index contributed by atoms with van der Waals surface area (Å²) in [5.41, 5.74) is 4.27. The predicted molar refractivity (Wildman–Crippen MR) is 96.0 cm³/mol. The third-order valence-electron chi connectivity index (χ3n) is 2.94. The van der Waals surface area contributed by atoms with E-state index >= 15 is 0 Å². The highest BCUT2D eigenvalue weighted by Gasteiger charge is 2.13. The molecule has 2 aromatic rings. The highest BCUT2D eigenvalue weighted by Crippen LogP contribution is 2.37. The SMILES string of the molecule is CCOc1cc(/C=N/Nc2ccc(F)cc2)cc(Cl)c1OC(C)C. The molecule has 0 aliphatic heterocycles. The zero-order valence-corrected chi connectivity index (χ0v) is 14.6. The maximum atomic E-state index is 12.9. The van der Waals surface area contributed by atoms with E-state index in [9.17, 15) is 4.39 Å². The molecule has 0 atom stereocenters. The monoisotopic (exact) mass is 350 g/mol. The summed E-state index contributed by atoms with van der Waals surface area (Å²) >= 11 is 6.30. The summed E-state index contributed by atoms with van der Waals surface area (Å²) in [5.74, 6) is 0.803. The van der Waals surface area contributed by atoms with Crippen molar-refractivity contribution in [2.45, 2.75) is 26.9 Å². The first-order valence-corrected chi connectivity index (χ1v) is 8.05. The van der Waals surface area contributed by atoms with Crippen LogP contribution in [0, 0.1) is 5.82 Å². The molecule has 0 aliphatic rings. The number of ether oxygens (including phenoxy) is 2. The molecular weight excluding hydrogens is 331 g/mol. The second kappa shape index (κ2) is 8.55. The third kappa shape index (κ3) is 5.13. The van der Waals surface area contributed by atoms with Crippen LogP contribution in [0.5, 0.6) is 11.5 Å². The van der Waals surface area contributed by atoms with Crippen LogP contribution >= 0.6 is 11.6 Å². The van der Waals surface area contributed by atoms with Crippen molar-refractivity contribution in [3.63, 3.8) is 0 Å². The molecule has 4 nitrogen and oxygen atoms in total. The van der Waals surface area contributed by atoms with Crippen molar-refractivity contribution >= 4 is 23.5 Å². The molecular formula is C18H20ClFN2O2. The van der Waals surface area contributed by atoms with E-state index in [4.69, 9.17) is 21.1 Å². The van der Waals surface area contributed by atoms with Crippen molar-refractivity contribution in [2.24, 2.45) is 5.10 Å². The van der Waals surface area contributed by atoms with Gasteiger partial charge in [-0.25, -0.2) is 4.39 Å². The Morgan fingerprint density at radius 1 is 1.25 bits per heavy atom. The lowest BCUT2D eigenvalue weighted by Gasteiger charge is -2.16. The van der Waals surface area contributed by atoms with Crippen LogP contribution in [0.1, 0.15) is 26.3 Å². The number of hydrogen-bond acceptors (Lipinski definition) is 4. The lowest BCUT2D eigenvalue weighted by molar-refractivity contribution is 0.224. The Hall–Kier alpha value is -2.27. The number of nitrogens with one attached hydrogen (secondary N) is 1. The third-order valence-corrected chi connectivity index (χ3v) is 3.22. The lowest BCUT2D eigenvalue weighted by Crippen LogP contribution is -2.08. The summed E-state index contributed by atoms with van der Waals surface area (Å²) in [7, 11) is 0. The van der Waals surface area contributed by atoms with E-state index in [1.807, 2.05) is 26.8 Å². The van der Waals surface area contributed by atoms with Crippen LogP contribution in [0.25, 0.3) is 0 Å². The average Bonchev–Trinajstić information content (AvgIpc) is 2.53. The standard InChI is InChI=1S/C18H20ClFN2O2/c1-4-23-17-10-13(9-16(19)18(17)24-12(2)3)11-21-22-15-7-5-14(20)6-8-15/h5-12,22H,4H2,1-3H3/b21-11+. The second-order valence-electron chi connectivity index (χ2n) is 5.31. The molecule has 0 bridgehead atoms. The molecule has 0 aliphatic carbocycles. The van der Waals surface area contributed by atoms with Crippen molar-refractivity contribution < 1.29 is 13.9 Å². The normalized spacial score (nSPS) is 11.1. The molecule has 1 N–H and O–H groups in total. The highest BCUT2D eigenvalue weighted by atomic mass is 35.5. The molecule has 0 unspecified atom stereocenters. The number of rotatable bonds is 7. The number of halogens is 2. The van der Waals surface area contributed by atoms with Crippen molar-refractivity contribution in [2.75, 3.05) is 12.0 Å². The second-order valence-corrected chi connectivity index (χ2v) is 5.71. The Morgan fingerprint density at radius 2 is 1.96 bits per heavy atom. The van der Waals surface area contributed by atoms with Gasteiger partial charge in [0, 0.05) is 0 Å². The fourth-order valence-electron chi connectivity index (χ4n) is 1.98. The van der Waals surface area contributed by atoms with E-state index in [-0.39, 0.29) is 11.9 Å². The highest BCUT2D eigenvalue weighted by molar-refractivity contribution is 6.32. The average molecular weight is 351 g/mol. The molecule has 128 valence electrons. The van der Waals surface area contributed by atoms with Gasteiger partial charge in [0.2, 0.25) is 0 Å². The zero-order chi connectivity index (χ0) is 17.5. The Bertz CT molecular complexity index is 703. The first-order valence-electron chi connectivity index (χ1n) is 7.67. The Kier molecular flexibility index (Phi) is 6.44. The van der Waals surface area contributed by atoms with Crippen molar-refractivity contribution in [3.05, 3.63) is 52.8 Å². The maximum absolute atomic E-state index is 12.9. The molecule has 2 aromatic carbocycles. The van der Waals surface area contributed by atoms with Crippen LogP contribution in [0.4, 0.5) is 10.1 Å². The van der Waals surface area contributed by atoms with Gasteiger partial charge in [0.1, 0.15) is 5.82 Å². The Morgan fingerprint density at radius 3 is 2.58 bits per heavy atom. The minimum Gasteiger partial charge on any atom is -0.490 e. The summed E-state index contributed by atoms with van der Waals surface area (Å²) in [5, 5.41) is 4.58. The fourth-order valence-corrected chi connectivity index (χ4v) is 2.24. The van der Waals surface area contributed by atoms with Gasteiger partial charge in [0.15, 0.2) is 11.5 Å². The molecule has 0 spiro atoms. The van der Waals surface area contributed by atoms with E-state index in [1.54, 1.807) is 24.4 Å². The van der Waals surface area contributed by atoms with Crippen LogP contribution in [-0.2, 0) is 0 Å². The minimum absolute atomic E-state index is 0.0126. The Labute approximate surface area is 146 Å². The fraction of sp³-hybridized carbons (Fsp3) is 0.278. The first kappa shape index (κ1) is 18.1. The molecule has 24 heavy (non-hydrogen) atoms. The molecule has 0 radical (unpaired) electrons. The quantitative estimate of drug-likeness (QED) is 0.557. The van der Waals surface area contributed by atoms with E-state index in [0.717, 1.165) is 5.56 Å². The number of nitrogens with zero attached hydrogens (tertiary/aromatic N) is 1. The van der Waals surface area contributed by atoms with Crippen molar-refractivity contribution in [1.29, 1.82) is 0 Å². The van der Waals surface area contributed by atoms with Crippen LogP contribution in [-0.4, -0.2) is 18.9 Å². The largest absolute Gasteiger partial charge is 0.490 e. The summed E-state index contributed by atoms with van der Waals surface area (Å²) in [6, 6.07) is 9.48. The van der Waals surface area contributed by atoms with Crippen molar-refractivity contribution in [1.82, 2.24) is 0 Å². The summed E-state index contributed by atoms with van der Waals surface area (Å²) in [6.07, 6.45) is 1.60. The predicted octanol–water partition coefficient (Wildman–Crippen LogP) is 5.11. The van der Waals surface area contributed by atoms with Gasteiger partial charge in [-0.15, -0.1) is 0 Å². The molecule has 6 heteroatoms. The van der Waals surface area contributed by atoms with Gasteiger partial charge in [0.25, 0.3) is 0 Å². The van der Waals surface area contributed by atoms with Gasteiger partial charge in [-0.05, 0) is 62.7 Å². The van der Waals surface area contributed by atoms with Gasteiger partial charge < -0.3 is 9.47 Å². The zero-order valence-electron chi connectivity index (χ0n) is 13.8. The van der Waals surface area contributed by atoms with Gasteiger partial charge in [-0.3, -0.25) is 5.43 Å². The van der Waals surface area contributed by atoms with Gasteiger partial charge in [-0.2, -0.15) is 5.10 Å². The van der Waals surface area contributed by atoms with Gasteiger partial charge in [0.05, 0.1) is 29.6 Å². The molecule has 0 saturated carbocycles. The number of benzene rings is 2.